The van der Waals surface area contributed by atoms with Gasteiger partial charge in [-0.2, -0.15) is 4.31 Å². The zero-order valence-electron chi connectivity index (χ0n) is 22.4. The molecule has 2 amide bonds. The van der Waals surface area contributed by atoms with Crippen LogP contribution in [0.1, 0.15) is 44.4 Å². The van der Waals surface area contributed by atoms with Gasteiger partial charge in [-0.1, -0.05) is 67.9 Å². The number of hydrogen-bond donors (Lipinski definition) is 1. The number of halogens is 1. The monoisotopic (exact) mass is 599 g/mol. The van der Waals surface area contributed by atoms with Crippen LogP contribution in [0.3, 0.4) is 0 Å². The number of amides is 2. The zero-order valence-corrected chi connectivity index (χ0v) is 24.8. The number of carbonyl (C=O) groups excluding carboxylic acids is 1. The fourth-order valence-electron chi connectivity index (χ4n) is 4.87. The van der Waals surface area contributed by atoms with Crippen LogP contribution in [-0.4, -0.2) is 43.3 Å². The smallest absolute Gasteiger partial charge is 0.322 e. The number of fused-ring (bicyclic) bond motifs is 1. The molecular formula is C29H34BrN3O4S. The number of hydrogen-bond acceptors (Lipinski definition) is 4. The van der Waals surface area contributed by atoms with Gasteiger partial charge in [-0.15, -0.1) is 0 Å². The van der Waals surface area contributed by atoms with Gasteiger partial charge >= 0.3 is 6.03 Å². The summed E-state index contributed by atoms with van der Waals surface area (Å²) < 4.78 is 35.0. The maximum atomic E-state index is 13.6. The molecule has 0 fully saturated rings. The molecule has 1 aliphatic rings. The lowest BCUT2D eigenvalue weighted by atomic mass is 9.78. The molecule has 0 unspecified atom stereocenters. The Morgan fingerprint density at radius 1 is 1.08 bits per heavy atom. The van der Waals surface area contributed by atoms with E-state index in [1.165, 1.54) is 22.0 Å². The normalized spacial score (nSPS) is 14.8. The number of nitrogens with one attached hydrogen (secondary N) is 1. The van der Waals surface area contributed by atoms with Crippen molar-refractivity contribution >= 4 is 37.7 Å². The van der Waals surface area contributed by atoms with Crippen molar-refractivity contribution in [2.75, 3.05) is 25.0 Å². The van der Waals surface area contributed by atoms with Crippen LogP contribution in [0.15, 0.2) is 70.0 Å². The molecule has 0 saturated heterocycles. The van der Waals surface area contributed by atoms with Gasteiger partial charge in [-0.3, -0.25) is 0 Å². The third kappa shape index (κ3) is 5.75. The second-order valence-corrected chi connectivity index (χ2v) is 12.9. The Bertz CT molecular complexity index is 1450. The van der Waals surface area contributed by atoms with Crippen LogP contribution >= 0.6 is 15.9 Å². The molecule has 1 N–H and O–H groups in total. The van der Waals surface area contributed by atoms with Gasteiger partial charge in [0, 0.05) is 36.1 Å². The molecule has 0 radical (unpaired) electrons. The third-order valence-corrected chi connectivity index (χ3v) is 9.61. The summed E-state index contributed by atoms with van der Waals surface area (Å²) in [7, 11) is -3.74. The molecule has 1 heterocycles. The number of rotatable bonds is 7. The van der Waals surface area contributed by atoms with E-state index in [0.717, 1.165) is 15.6 Å². The van der Waals surface area contributed by atoms with E-state index in [4.69, 9.17) is 4.74 Å². The van der Waals surface area contributed by atoms with Crippen LogP contribution in [0.25, 0.3) is 0 Å². The molecule has 4 rings (SSSR count). The van der Waals surface area contributed by atoms with Crippen molar-refractivity contribution in [2.45, 2.75) is 51.5 Å². The van der Waals surface area contributed by atoms with Crippen LogP contribution in [-0.2, 0) is 22.0 Å². The molecule has 3 aromatic rings. The molecule has 0 saturated carbocycles. The number of carbonyl (C=O) groups is 1. The predicted molar refractivity (Wildman–Crippen MR) is 154 cm³/mol. The standard InChI is InChI=1S/C29H34BrN3O4S/c1-6-33(7-2)38(35,36)22-14-15-27(37-21-11-8-10-20(3)16-21)26(17-22)31-28(34)32-18-23-24(29(4,5)19-32)12-9-13-25(23)30/h8-17H,6-7,18-19H2,1-5H3,(H,31,34). The van der Waals surface area contributed by atoms with Crippen LogP contribution < -0.4 is 10.1 Å². The first-order valence-corrected chi connectivity index (χ1v) is 14.9. The molecule has 0 bridgehead atoms. The maximum absolute atomic E-state index is 13.6. The topological polar surface area (TPSA) is 79.0 Å². The van der Waals surface area contributed by atoms with Gasteiger partial charge in [0.2, 0.25) is 10.0 Å². The second-order valence-electron chi connectivity index (χ2n) is 10.1. The van der Waals surface area contributed by atoms with Crippen molar-refractivity contribution in [3.8, 4) is 11.5 Å². The van der Waals surface area contributed by atoms with E-state index in [0.29, 0.717) is 43.4 Å². The first-order valence-electron chi connectivity index (χ1n) is 12.7. The molecule has 9 heteroatoms. The zero-order chi connectivity index (χ0) is 27.7. The lowest BCUT2D eigenvalue weighted by Gasteiger charge is -2.40. The van der Waals surface area contributed by atoms with Gasteiger partial charge in [0.05, 0.1) is 10.6 Å². The van der Waals surface area contributed by atoms with E-state index in [1.807, 2.05) is 43.3 Å². The first kappa shape index (κ1) is 28.1. The van der Waals surface area contributed by atoms with Crippen molar-refractivity contribution in [2.24, 2.45) is 0 Å². The highest BCUT2D eigenvalue weighted by Crippen LogP contribution is 2.38. The average molecular weight is 601 g/mol. The molecule has 0 aliphatic carbocycles. The molecule has 7 nitrogen and oxygen atoms in total. The summed E-state index contributed by atoms with van der Waals surface area (Å²) in [6.07, 6.45) is 0. The fourth-order valence-corrected chi connectivity index (χ4v) is 6.85. The minimum absolute atomic E-state index is 0.0974. The van der Waals surface area contributed by atoms with E-state index >= 15 is 0 Å². The van der Waals surface area contributed by atoms with Crippen molar-refractivity contribution in [3.05, 3.63) is 81.8 Å². The van der Waals surface area contributed by atoms with E-state index < -0.39 is 10.0 Å². The van der Waals surface area contributed by atoms with Crippen LogP contribution in [0.5, 0.6) is 11.5 Å². The molecule has 0 atom stereocenters. The largest absolute Gasteiger partial charge is 0.455 e. The van der Waals surface area contributed by atoms with E-state index in [2.05, 4.69) is 41.2 Å². The molecule has 3 aromatic carbocycles. The van der Waals surface area contributed by atoms with Crippen LogP contribution in [0, 0.1) is 6.92 Å². The van der Waals surface area contributed by atoms with Gasteiger partial charge in [0.15, 0.2) is 5.75 Å². The summed E-state index contributed by atoms with van der Waals surface area (Å²) in [5.41, 5.74) is 3.32. The molecule has 0 spiro atoms. The summed E-state index contributed by atoms with van der Waals surface area (Å²) >= 11 is 3.64. The quantitative estimate of drug-likeness (QED) is 0.320. The van der Waals surface area contributed by atoms with Crippen molar-refractivity contribution in [1.82, 2.24) is 9.21 Å². The van der Waals surface area contributed by atoms with Gasteiger partial charge < -0.3 is 15.0 Å². The summed E-state index contributed by atoms with van der Waals surface area (Å²) in [4.78, 5) is 15.5. The Hall–Kier alpha value is -2.88. The summed E-state index contributed by atoms with van der Waals surface area (Å²) in [5.74, 6) is 0.956. The number of aryl methyl sites for hydroxylation is 1. The highest BCUT2D eigenvalue weighted by Gasteiger charge is 2.35. The first-order chi connectivity index (χ1) is 18.0. The molecular weight excluding hydrogens is 566 g/mol. The van der Waals surface area contributed by atoms with E-state index in [-0.39, 0.29) is 16.3 Å². The lowest BCUT2D eigenvalue weighted by molar-refractivity contribution is 0.186. The Balaban J connectivity index is 1.70. The average Bonchev–Trinajstić information content (AvgIpc) is 2.86. The van der Waals surface area contributed by atoms with Gasteiger partial charge in [0.25, 0.3) is 0 Å². The Morgan fingerprint density at radius 3 is 2.47 bits per heavy atom. The molecule has 38 heavy (non-hydrogen) atoms. The molecule has 202 valence electrons. The number of anilines is 1. The summed E-state index contributed by atoms with van der Waals surface area (Å²) in [6.45, 7) is 11.4. The van der Waals surface area contributed by atoms with Crippen molar-refractivity contribution < 1.29 is 17.9 Å². The van der Waals surface area contributed by atoms with Crippen LogP contribution in [0.2, 0.25) is 0 Å². The van der Waals surface area contributed by atoms with E-state index in [1.54, 1.807) is 24.8 Å². The van der Waals surface area contributed by atoms with E-state index in [9.17, 15) is 13.2 Å². The Kier molecular flexibility index (Phi) is 8.20. The Labute approximate surface area is 234 Å². The minimum Gasteiger partial charge on any atom is -0.455 e. The number of benzene rings is 3. The number of sulfonamides is 1. The fraction of sp³-hybridized carbons (Fsp3) is 0.345. The Morgan fingerprint density at radius 2 is 1.79 bits per heavy atom. The summed E-state index contributed by atoms with van der Waals surface area (Å²) in [6, 6.07) is 17.9. The maximum Gasteiger partial charge on any atom is 0.322 e. The van der Waals surface area contributed by atoms with Gasteiger partial charge in [-0.25, -0.2) is 13.2 Å². The SMILES string of the molecule is CCN(CC)S(=O)(=O)c1ccc(Oc2cccc(C)c2)c(NC(=O)N2Cc3c(Br)cccc3C(C)(C)C2)c1. The lowest BCUT2D eigenvalue weighted by Crippen LogP contribution is -2.46. The number of ether oxygens (including phenoxy) is 1. The highest BCUT2D eigenvalue weighted by molar-refractivity contribution is 9.10. The molecule has 0 aromatic heterocycles. The highest BCUT2D eigenvalue weighted by atomic mass is 79.9. The van der Waals surface area contributed by atoms with Crippen molar-refractivity contribution in [1.29, 1.82) is 0 Å². The minimum atomic E-state index is -3.74. The van der Waals surface area contributed by atoms with Gasteiger partial charge in [-0.05, 0) is 60.0 Å². The molecule has 1 aliphatic heterocycles. The van der Waals surface area contributed by atoms with Crippen LogP contribution in [0.4, 0.5) is 10.5 Å². The number of nitrogens with zero attached hydrogens (tertiary/aromatic N) is 2. The van der Waals surface area contributed by atoms with Gasteiger partial charge in [0.1, 0.15) is 5.75 Å². The summed E-state index contributed by atoms with van der Waals surface area (Å²) in [5, 5.41) is 2.95. The third-order valence-electron chi connectivity index (χ3n) is 6.82. The number of urea groups is 1. The predicted octanol–water partition coefficient (Wildman–Crippen LogP) is 6.91. The second kappa shape index (κ2) is 11.1. The van der Waals surface area contributed by atoms with Crippen molar-refractivity contribution in [3.63, 3.8) is 0 Å².